The van der Waals surface area contributed by atoms with Crippen molar-refractivity contribution in [3.8, 4) is 22.5 Å². The number of para-hydroxylation sites is 3. The molecule has 0 unspecified atom stereocenters. The lowest BCUT2D eigenvalue weighted by molar-refractivity contribution is 1.16. The molecule has 2 heterocycles. The van der Waals surface area contributed by atoms with E-state index in [0.29, 0.717) is 0 Å². The molecule has 6 aromatic carbocycles. The minimum absolute atomic E-state index is 0.825. The van der Waals surface area contributed by atoms with Gasteiger partial charge in [0.1, 0.15) is 19.3 Å². The molecule has 0 saturated heterocycles. The smallest absolute Gasteiger partial charge is 0.149 e. The summed E-state index contributed by atoms with van der Waals surface area (Å²) < 4.78 is 2.18. The summed E-state index contributed by atoms with van der Waals surface area (Å²) in [5, 5.41) is 5.51. The molecule has 0 saturated carbocycles. The van der Waals surface area contributed by atoms with Crippen molar-refractivity contribution < 1.29 is 0 Å². The van der Waals surface area contributed by atoms with E-state index in [1.807, 2.05) is 30.3 Å². The maximum Gasteiger partial charge on any atom is 0.149 e. The predicted molar refractivity (Wildman–Crippen MR) is 159 cm³/mol. The first-order valence-electron chi connectivity index (χ1n) is 12.7. The van der Waals surface area contributed by atoms with Crippen LogP contribution in [0.3, 0.4) is 0 Å². The van der Waals surface area contributed by atoms with Crippen LogP contribution in [0.2, 0.25) is 0 Å². The molecule has 8 aromatic rings. The molecular weight excluding hydrogens is 461 g/mol. The van der Waals surface area contributed by atoms with E-state index in [0.717, 1.165) is 71.5 Å². The maximum absolute atomic E-state index is 6.62. The van der Waals surface area contributed by atoms with E-state index in [-0.39, 0.29) is 0 Å². The van der Waals surface area contributed by atoms with Crippen LogP contribution in [-0.2, 0) is 0 Å². The fourth-order valence-corrected chi connectivity index (χ4v) is 5.80. The molecule has 0 amide bonds. The van der Waals surface area contributed by atoms with Gasteiger partial charge in [-0.1, -0.05) is 103 Å². The Morgan fingerprint density at radius 2 is 1.00 bits per heavy atom. The molecule has 2 radical (unpaired) electrons. The van der Waals surface area contributed by atoms with Gasteiger partial charge in [0, 0.05) is 10.9 Å². The van der Waals surface area contributed by atoms with E-state index >= 15 is 0 Å². The van der Waals surface area contributed by atoms with Gasteiger partial charge >= 0.3 is 0 Å². The Morgan fingerprint density at radius 1 is 0.474 bits per heavy atom. The van der Waals surface area contributed by atoms with Gasteiger partial charge in [0.2, 0.25) is 0 Å². The summed E-state index contributed by atoms with van der Waals surface area (Å²) in [6, 6.07) is 42.0. The van der Waals surface area contributed by atoms with Crippen molar-refractivity contribution >= 4 is 62.4 Å². The predicted octanol–water partition coefficient (Wildman–Crippen LogP) is 7.47. The van der Waals surface area contributed by atoms with Crippen LogP contribution < -0.4 is 5.46 Å². The van der Waals surface area contributed by atoms with Crippen molar-refractivity contribution in [3.05, 3.63) is 121 Å². The van der Waals surface area contributed by atoms with Gasteiger partial charge in [0.15, 0.2) is 0 Å². The highest BCUT2D eigenvalue weighted by Crippen LogP contribution is 2.36. The first kappa shape index (κ1) is 21.2. The Hall–Kier alpha value is -4.96. The first-order chi connectivity index (χ1) is 18.8. The molecule has 0 aliphatic rings. The quantitative estimate of drug-likeness (QED) is 0.189. The number of hydrogen-bond donors (Lipinski definition) is 0. The molecular formula is C34H20BN3. The Labute approximate surface area is 220 Å². The Morgan fingerprint density at radius 3 is 1.68 bits per heavy atom. The second-order valence-electron chi connectivity index (χ2n) is 9.67. The van der Waals surface area contributed by atoms with Crippen molar-refractivity contribution in [3.63, 3.8) is 0 Å². The van der Waals surface area contributed by atoms with Gasteiger partial charge in [0.05, 0.1) is 16.6 Å². The Kier molecular flexibility index (Phi) is 4.47. The van der Waals surface area contributed by atoms with Gasteiger partial charge in [-0.3, -0.25) is 4.40 Å². The fraction of sp³-hybridized carbons (Fsp3) is 0. The summed E-state index contributed by atoms with van der Waals surface area (Å²) in [5.41, 5.74) is 8.08. The molecule has 0 aliphatic heterocycles. The SMILES string of the molecule is [B]c1c2ccccc2c(-c2ccc(-c3nc4ccccc4c4nc5ccccc5n34)cc2)c2ccccc12. The third kappa shape index (κ3) is 2.98. The van der Waals surface area contributed by atoms with Crippen molar-refractivity contribution in [2.24, 2.45) is 0 Å². The van der Waals surface area contributed by atoms with Crippen molar-refractivity contribution in [1.29, 1.82) is 0 Å². The Bertz CT molecular complexity index is 2140. The van der Waals surface area contributed by atoms with E-state index in [1.54, 1.807) is 0 Å². The van der Waals surface area contributed by atoms with E-state index < -0.39 is 0 Å². The maximum atomic E-state index is 6.62. The van der Waals surface area contributed by atoms with Crippen LogP contribution in [0.25, 0.3) is 71.6 Å². The van der Waals surface area contributed by atoms with Crippen LogP contribution in [0.5, 0.6) is 0 Å². The normalized spacial score (nSPS) is 11.8. The lowest BCUT2D eigenvalue weighted by atomic mass is 9.81. The van der Waals surface area contributed by atoms with Gasteiger partial charge < -0.3 is 0 Å². The van der Waals surface area contributed by atoms with Gasteiger partial charge in [0.25, 0.3) is 0 Å². The zero-order valence-electron chi connectivity index (χ0n) is 20.5. The zero-order valence-corrected chi connectivity index (χ0v) is 20.5. The highest BCUT2D eigenvalue weighted by molar-refractivity contribution is 6.46. The van der Waals surface area contributed by atoms with Gasteiger partial charge in [-0.15, -0.1) is 0 Å². The van der Waals surface area contributed by atoms with Crippen molar-refractivity contribution in [2.45, 2.75) is 0 Å². The van der Waals surface area contributed by atoms with Crippen LogP contribution in [0, 0.1) is 0 Å². The third-order valence-corrected chi connectivity index (χ3v) is 7.55. The topological polar surface area (TPSA) is 30.2 Å². The summed E-state index contributed by atoms with van der Waals surface area (Å²) in [4.78, 5) is 10.1. The zero-order chi connectivity index (χ0) is 25.2. The number of fused-ring (bicyclic) bond motifs is 7. The van der Waals surface area contributed by atoms with Crippen molar-refractivity contribution in [2.75, 3.05) is 0 Å². The molecule has 0 atom stereocenters. The second-order valence-corrected chi connectivity index (χ2v) is 9.67. The highest BCUT2D eigenvalue weighted by Gasteiger charge is 2.16. The highest BCUT2D eigenvalue weighted by atomic mass is 15.1. The molecule has 174 valence electrons. The summed E-state index contributed by atoms with van der Waals surface area (Å²) in [6.45, 7) is 0. The second kappa shape index (κ2) is 8.02. The minimum atomic E-state index is 0.825. The summed E-state index contributed by atoms with van der Waals surface area (Å²) in [6.07, 6.45) is 0. The van der Waals surface area contributed by atoms with Crippen LogP contribution in [-0.4, -0.2) is 22.2 Å². The third-order valence-electron chi connectivity index (χ3n) is 7.55. The molecule has 0 fully saturated rings. The molecule has 0 aliphatic carbocycles. The molecule has 0 N–H and O–H groups in total. The Balaban J connectivity index is 1.39. The molecule has 3 nitrogen and oxygen atoms in total. The van der Waals surface area contributed by atoms with E-state index in [9.17, 15) is 0 Å². The standard InChI is InChI=1S/C34H20BN3/c35-32-25-11-3-1-9-23(25)31(24-10-2-4-12-26(24)32)21-17-19-22(20-18-21)33-36-28-14-6-5-13-27(28)34-37-29-15-7-8-16-30(29)38(33)34/h1-20H. The molecule has 0 spiro atoms. The fourth-order valence-electron chi connectivity index (χ4n) is 5.80. The largest absolute Gasteiger partial charge is 0.276 e. The molecule has 8 rings (SSSR count). The number of benzene rings is 6. The average molecular weight is 481 g/mol. The monoisotopic (exact) mass is 481 g/mol. The van der Waals surface area contributed by atoms with Gasteiger partial charge in [-0.2, -0.15) is 0 Å². The van der Waals surface area contributed by atoms with Crippen molar-refractivity contribution in [1.82, 2.24) is 14.4 Å². The number of aromatic nitrogens is 3. The minimum Gasteiger partial charge on any atom is -0.276 e. The summed E-state index contributed by atoms with van der Waals surface area (Å²) in [5.74, 6) is 0.881. The van der Waals surface area contributed by atoms with Gasteiger partial charge in [-0.05, 0) is 56.9 Å². The summed E-state index contributed by atoms with van der Waals surface area (Å²) in [7, 11) is 6.62. The molecule has 38 heavy (non-hydrogen) atoms. The molecule has 4 heteroatoms. The lowest BCUT2D eigenvalue weighted by Crippen LogP contribution is -2.07. The van der Waals surface area contributed by atoms with Crippen LogP contribution in [0.4, 0.5) is 0 Å². The number of nitrogens with zero attached hydrogens (tertiary/aromatic N) is 3. The molecule has 2 aromatic heterocycles. The first-order valence-corrected chi connectivity index (χ1v) is 12.7. The van der Waals surface area contributed by atoms with E-state index in [1.165, 1.54) is 5.56 Å². The van der Waals surface area contributed by atoms with Crippen LogP contribution >= 0.6 is 0 Å². The van der Waals surface area contributed by atoms with Gasteiger partial charge in [-0.25, -0.2) is 9.97 Å². The number of rotatable bonds is 2. The van der Waals surface area contributed by atoms with E-state index in [2.05, 4.69) is 95.4 Å². The number of hydrogen-bond acceptors (Lipinski definition) is 2. The van der Waals surface area contributed by atoms with Crippen LogP contribution in [0.15, 0.2) is 121 Å². The lowest BCUT2D eigenvalue weighted by Gasteiger charge is -2.16. The van der Waals surface area contributed by atoms with Crippen LogP contribution in [0.1, 0.15) is 0 Å². The average Bonchev–Trinajstić information content (AvgIpc) is 3.38. The summed E-state index contributed by atoms with van der Waals surface area (Å²) >= 11 is 0. The van der Waals surface area contributed by atoms with E-state index in [4.69, 9.17) is 17.8 Å². The molecule has 0 bridgehead atoms. The number of imidazole rings is 1.